The first-order valence-corrected chi connectivity index (χ1v) is 12.1. The molecular formula is C31H32O2. The summed E-state index contributed by atoms with van der Waals surface area (Å²) >= 11 is 0. The van der Waals surface area contributed by atoms with Crippen molar-refractivity contribution in [3.8, 4) is 17.6 Å². The van der Waals surface area contributed by atoms with E-state index >= 15 is 0 Å². The average molecular weight is 437 g/mol. The van der Waals surface area contributed by atoms with Gasteiger partial charge in [-0.25, -0.2) is 4.79 Å². The Balaban J connectivity index is 1.33. The van der Waals surface area contributed by atoms with Crippen molar-refractivity contribution in [3.05, 3.63) is 101 Å². The molecule has 0 radical (unpaired) electrons. The molecule has 33 heavy (non-hydrogen) atoms. The zero-order valence-electron chi connectivity index (χ0n) is 19.6. The highest BCUT2D eigenvalue weighted by Crippen LogP contribution is 2.37. The molecule has 3 aromatic rings. The number of ether oxygens (including phenoxy) is 1. The molecule has 0 saturated heterocycles. The van der Waals surface area contributed by atoms with E-state index in [-0.39, 0.29) is 5.97 Å². The highest BCUT2D eigenvalue weighted by atomic mass is 16.5. The Labute approximate surface area is 198 Å². The van der Waals surface area contributed by atoms with Crippen LogP contribution in [-0.4, -0.2) is 5.97 Å². The van der Waals surface area contributed by atoms with Crippen LogP contribution in [0.4, 0.5) is 0 Å². The fourth-order valence-corrected chi connectivity index (χ4v) is 4.64. The normalized spacial score (nSPS) is 17.6. The molecule has 0 aromatic heterocycles. The Morgan fingerprint density at radius 1 is 0.818 bits per heavy atom. The van der Waals surface area contributed by atoms with Gasteiger partial charge in [0.05, 0.1) is 5.56 Å². The third-order valence-corrected chi connectivity index (χ3v) is 6.63. The number of carbonyl (C=O) groups is 1. The molecule has 2 heteroatoms. The van der Waals surface area contributed by atoms with Crippen LogP contribution in [0.2, 0.25) is 0 Å². The summed E-state index contributed by atoms with van der Waals surface area (Å²) in [7, 11) is 0. The number of aryl methyl sites for hydroxylation is 1. The second kappa shape index (κ2) is 11.0. The largest absolute Gasteiger partial charge is 0.423 e. The summed E-state index contributed by atoms with van der Waals surface area (Å²) in [4.78, 5) is 12.3. The lowest BCUT2D eigenvalue weighted by Gasteiger charge is -2.28. The van der Waals surface area contributed by atoms with E-state index in [1.54, 1.807) is 24.3 Å². The van der Waals surface area contributed by atoms with Crippen molar-refractivity contribution >= 4 is 5.97 Å². The van der Waals surface area contributed by atoms with Gasteiger partial charge in [-0.15, -0.1) is 0 Å². The Bertz CT molecular complexity index is 1100. The molecule has 0 spiro atoms. The van der Waals surface area contributed by atoms with E-state index in [1.165, 1.54) is 44.1 Å². The molecule has 0 amide bonds. The van der Waals surface area contributed by atoms with Crippen LogP contribution >= 0.6 is 0 Å². The van der Waals surface area contributed by atoms with E-state index in [2.05, 4.69) is 43.0 Å². The zero-order valence-corrected chi connectivity index (χ0v) is 19.6. The second-order valence-electron chi connectivity index (χ2n) is 9.16. The molecule has 0 atom stereocenters. The van der Waals surface area contributed by atoms with Crippen LogP contribution in [0, 0.1) is 24.7 Å². The van der Waals surface area contributed by atoms with E-state index in [9.17, 15) is 4.79 Å². The molecule has 1 fully saturated rings. The van der Waals surface area contributed by atoms with Gasteiger partial charge in [-0.05, 0) is 98.5 Å². The molecule has 0 bridgehead atoms. The van der Waals surface area contributed by atoms with Gasteiger partial charge in [-0.3, -0.25) is 0 Å². The number of hydrogen-bond donors (Lipinski definition) is 0. The lowest BCUT2D eigenvalue weighted by molar-refractivity contribution is 0.0734. The van der Waals surface area contributed by atoms with Crippen molar-refractivity contribution in [1.29, 1.82) is 0 Å². The highest BCUT2D eigenvalue weighted by Gasteiger charge is 2.21. The molecule has 1 saturated carbocycles. The van der Waals surface area contributed by atoms with Crippen LogP contribution in [0.3, 0.4) is 0 Å². The molecule has 168 valence electrons. The zero-order chi connectivity index (χ0) is 23.0. The Morgan fingerprint density at radius 3 is 1.97 bits per heavy atom. The summed E-state index contributed by atoms with van der Waals surface area (Å²) in [6, 6.07) is 23.5. The first-order chi connectivity index (χ1) is 16.1. The van der Waals surface area contributed by atoms with Crippen LogP contribution in [0.15, 0.2) is 72.8 Å². The van der Waals surface area contributed by atoms with E-state index in [0.29, 0.717) is 17.2 Å². The summed E-state index contributed by atoms with van der Waals surface area (Å²) in [5, 5.41) is 0. The average Bonchev–Trinajstić information content (AvgIpc) is 2.85. The maximum absolute atomic E-state index is 12.3. The first kappa shape index (κ1) is 22.9. The quantitative estimate of drug-likeness (QED) is 0.233. The molecule has 0 heterocycles. The number of hydrogen-bond acceptors (Lipinski definition) is 2. The monoisotopic (exact) mass is 436 g/mol. The van der Waals surface area contributed by atoms with Crippen LogP contribution in [-0.2, 0) is 0 Å². The second-order valence-corrected chi connectivity index (χ2v) is 9.16. The minimum absolute atomic E-state index is 0.363. The minimum atomic E-state index is -0.363. The van der Waals surface area contributed by atoms with E-state index in [4.69, 9.17) is 4.74 Å². The topological polar surface area (TPSA) is 26.3 Å². The van der Waals surface area contributed by atoms with Crippen LogP contribution in [0.1, 0.15) is 84.0 Å². The number of esters is 1. The summed E-state index contributed by atoms with van der Waals surface area (Å²) < 4.78 is 5.43. The van der Waals surface area contributed by atoms with Crippen molar-refractivity contribution in [2.24, 2.45) is 5.92 Å². The Morgan fingerprint density at radius 2 is 1.39 bits per heavy atom. The molecule has 2 nitrogen and oxygen atoms in total. The van der Waals surface area contributed by atoms with Crippen molar-refractivity contribution in [2.75, 3.05) is 0 Å². The van der Waals surface area contributed by atoms with Gasteiger partial charge in [0.1, 0.15) is 5.75 Å². The predicted octanol–water partition coefficient (Wildman–Crippen LogP) is 7.69. The maximum Gasteiger partial charge on any atom is 0.343 e. The first-order valence-electron chi connectivity index (χ1n) is 12.1. The van der Waals surface area contributed by atoms with Gasteiger partial charge in [0.15, 0.2) is 0 Å². The highest BCUT2D eigenvalue weighted by molar-refractivity contribution is 5.91. The number of carbonyl (C=O) groups excluding carboxylic acids is 1. The molecular weight excluding hydrogens is 404 g/mol. The molecule has 1 aliphatic carbocycles. The Kier molecular flexibility index (Phi) is 7.63. The maximum atomic E-state index is 12.3. The summed E-state index contributed by atoms with van der Waals surface area (Å²) in [5.74, 6) is 8.27. The molecule has 4 rings (SSSR count). The van der Waals surface area contributed by atoms with Gasteiger partial charge in [0, 0.05) is 11.1 Å². The van der Waals surface area contributed by atoms with E-state index in [1.807, 2.05) is 31.2 Å². The van der Waals surface area contributed by atoms with Gasteiger partial charge in [0.2, 0.25) is 0 Å². The summed E-state index contributed by atoms with van der Waals surface area (Å²) in [6.07, 6.45) is 8.06. The summed E-state index contributed by atoms with van der Waals surface area (Å²) in [6.45, 7) is 4.29. The summed E-state index contributed by atoms with van der Waals surface area (Å²) in [5.41, 5.74) is 4.98. The fourth-order valence-electron chi connectivity index (χ4n) is 4.64. The Hall–Kier alpha value is -3.31. The van der Waals surface area contributed by atoms with Crippen molar-refractivity contribution < 1.29 is 9.53 Å². The lowest BCUT2D eigenvalue weighted by atomic mass is 9.77. The minimum Gasteiger partial charge on any atom is -0.423 e. The fraction of sp³-hybridized carbons (Fsp3) is 0.323. The molecule has 0 aliphatic heterocycles. The standard InChI is InChI=1S/C31H32O2/c1-3-4-24-9-15-27(16-10-24)28-17-11-25(12-18-28)7-8-26-13-19-29(20-14-26)31(32)33-30-21-5-23(2)6-22-30/h5-6,11-14,17-22,24,27H,3-4,9-10,15-16H2,1-2H3. The lowest BCUT2D eigenvalue weighted by Crippen LogP contribution is -2.13. The van der Waals surface area contributed by atoms with Crippen LogP contribution < -0.4 is 4.74 Å². The van der Waals surface area contributed by atoms with E-state index < -0.39 is 0 Å². The molecule has 1 aliphatic rings. The van der Waals surface area contributed by atoms with Gasteiger partial charge in [0.25, 0.3) is 0 Å². The van der Waals surface area contributed by atoms with Gasteiger partial charge < -0.3 is 4.74 Å². The third-order valence-electron chi connectivity index (χ3n) is 6.63. The van der Waals surface area contributed by atoms with Crippen LogP contribution in [0.5, 0.6) is 5.75 Å². The number of rotatable bonds is 5. The van der Waals surface area contributed by atoms with Crippen LogP contribution in [0.25, 0.3) is 0 Å². The third kappa shape index (κ3) is 6.36. The smallest absolute Gasteiger partial charge is 0.343 e. The SMILES string of the molecule is CCCC1CCC(c2ccc(C#Cc3ccc(C(=O)Oc4ccc(C)cc4)cc3)cc2)CC1. The molecule has 0 unspecified atom stereocenters. The van der Waals surface area contributed by atoms with Gasteiger partial charge in [-0.1, -0.05) is 61.4 Å². The van der Waals surface area contributed by atoms with Crippen molar-refractivity contribution in [1.82, 2.24) is 0 Å². The van der Waals surface area contributed by atoms with Crippen molar-refractivity contribution in [2.45, 2.75) is 58.3 Å². The predicted molar refractivity (Wildman–Crippen MR) is 135 cm³/mol. The van der Waals surface area contributed by atoms with Crippen molar-refractivity contribution in [3.63, 3.8) is 0 Å². The molecule has 0 N–H and O–H groups in total. The van der Waals surface area contributed by atoms with Gasteiger partial charge >= 0.3 is 5.97 Å². The van der Waals surface area contributed by atoms with E-state index in [0.717, 1.165) is 22.6 Å². The number of benzene rings is 3. The van der Waals surface area contributed by atoms with Gasteiger partial charge in [-0.2, -0.15) is 0 Å². The molecule has 3 aromatic carbocycles.